The van der Waals surface area contributed by atoms with Crippen LogP contribution < -0.4 is 0 Å². The highest BCUT2D eigenvalue weighted by atomic mass is 14.8. The number of rotatable bonds is 3. The largest absolute Gasteiger partial charge is 0.255 e. The van der Waals surface area contributed by atoms with Gasteiger partial charge in [-0.05, 0) is 45.6 Å². The molecule has 21 heavy (non-hydrogen) atoms. The highest BCUT2D eigenvalue weighted by molar-refractivity contribution is 5.51. The Morgan fingerprint density at radius 2 is 1.76 bits per heavy atom. The summed E-state index contributed by atoms with van der Waals surface area (Å²) in [5.74, 6) is 0.799. The van der Waals surface area contributed by atoms with E-state index in [9.17, 15) is 0 Å². The fourth-order valence-electron chi connectivity index (χ4n) is 1.95. The van der Waals surface area contributed by atoms with Gasteiger partial charge in [0.15, 0.2) is 0 Å². The molecular weight excluding hydrogens is 256 g/mol. The third-order valence-corrected chi connectivity index (χ3v) is 3.72. The van der Waals surface area contributed by atoms with Crippen molar-refractivity contribution in [2.75, 3.05) is 0 Å². The molecule has 1 saturated carbocycles. The van der Waals surface area contributed by atoms with Crippen molar-refractivity contribution in [2.24, 2.45) is 5.92 Å². The van der Waals surface area contributed by atoms with Crippen molar-refractivity contribution in [1.29, 1.82) is 0 Å². The van der Waals surface area contributed by atoms with Crippen molar-refractivity contribution < 1.29 is 0 Å². The molecule has 0 atom stereocenters. The van der Waals surface area contributed by atoms with Crippen LogP contribution in [0.25, 0.3) is 6.08 Å². The van der Waals surface area contributed by atoms with E-state index in [4.69, 9.17) is 0 Å². The van der Waals surface area contributed by atoms with Gasteiger partial charge in [-0.15, -0.1) is 0 Å². The van der Waals surface area contributed by atoms with E-state index in [1.807, 2.05) is 33.9 Å². The fraction of sp³-hybridized carbons (Fsp3) is 0.684. The lowest BCUT2D eigenvalue weighted by Crippen LogP contribution is -2.12. The Hall–Kier alpha value is -1.18. The van der Waals surface area contributed by atoms with Gasteiger partial charge < -0.3 is 0 Å². The first-order chi connectivity index (χ1) is 10.1. The maximum Gasteiger partial charge on any atom is 0.0841 e. The molecule has 2 nitrogen and oxygen atoms in total. The van der Waals surface area contributed by atoms with Crippen molar-refractivity contribution in [1.82, 2.24) is 9.97 Å². The van der Waals surface area contributed by atoms with E-state index in [2.05, 4.69) is 36.8 Å². The Balaban J connectivity index is 0.000000579. The lowest BCUT2D eigenvalue weighted by Gasteiger charge is -2.26. The Bertz CT molecular complexity index is 416. The minimum Gasteiger partial charge on any atom is -0.255 e. The maximum atomic E-state index is 4.42. The average molecular weight is 290 g/mol. The molecule has 0 unspecified atom stereocenters. The van der Waals surface area contributed by atoms with E-state index >= 15 is 0 Å². The van der Waals surface area contributed by atoms with Gasteiger partial charge in [-0.1, -0.05) is 52.5 Å². The molecule has 1 aliphatic carbocycles. The molecule has 0 aliphatic heterocycles. The molecule has 1 heterocycles. The highest BCUT2D eigenvalue weighted by Gasteiger charge is 2.18. The summed E-state index contributed by atoms with van der Waals surface area (Å²) in [6, 6.07) is 0. The van der Waals surface area contributed by atoms with Gasteiger partial charge >= 0.3 is 0 Å². The third kappa shape index (κ3) is 7.40. The number of unbranched alkanes of at least 4 members (excludes halogenated alkanes) is 1. The normalized spacial score (nSPS) is 14.3. The van der Waals surface area contributed by atoms with Gasteiger partial charge in [-0.3, -0.25) is 9.97 Å². The van der Waals surface area contributed by atoms with Crippen molar-refractivity contribution in [2.45, 2.75) is 80.6 Å². The predicted octanol–water partition coefficient (Wildman–Crippen LogP) is 6.13. The summed E-state index contributed by atoms with van der Waals surface area (Å²) in [6.45, 7) is 14.6. The van der Waals surface area contributed by atoms with E-state index in [1.165, 1.54) is 37.7 Å². The van der Waals surface area contributed by atoms with Crippen LogP contribution >= 0.6 is 0 Å². The molecule has 1 fully saturated rings. The van der Waals surface area contributed by atoms with Crippen LogP contribution in [0, 0.1) is 19.8 Å². The number of aryl methyl sites for hydroxylation is 2. The summed E-state index contributed by atoms with van der Waals surface area (Å²) in [7, 11) is 0. The number of hydrogen-bond acceptors (Lipinski definition) is 2. The number of allylic oxidation sites excluding steroid dienone is 1. The summed E-state index contributed by atoms with van der Waals surface area (Å²) in [5.41, 5.74) is 4.52. The van der Waals surface area contributed by atoms with Crippen molar-refractivity contribution in [3.05, 3.63) is 28.9 Å². The van der Waals surface area contributed by atoms with E-state index in [1.54, 1.807) is 0 Å². The lowest BCUT2D eigenvalue weighted by atomic mass is 9.80. The highest BCUT2D eigenvalue weighted by Crippen LogP contribution is 2.33. The van der Waals surface area contributed by atoms with Gasteiger partial charge in [0.2, 0.25) is 0 Å². The zero-order chi connectivity index (χ0) is 16.3. The first kappa shape index (κ1) is 19.8. The first-order valence-electron chi connectivity index (χ1n) is 8.56. The molecule has 1 aromatic rings. The van der Waals surface area contributed by atoms with Gasteiger partial charge in [0.05, 0.1) is 17.1 Å². The first-order valence-corrected chi connectivity index (χ1v) is 8.56. The summed E-state index contributed by atoms with van der Waals surface area (Å²) < 4.78 is 0. The zero-order valence-corrected chi connectivity index (χ0v) is 15.2. The van der Waals surface area contributed by atoms with E-state index < -0.39 is 0 Å². The van der Waals surface area contributed by atoms with Gasteiger partial charge in [0.25, 0.3) is 0 Å². The van der Waals surface area contributed by atoms with Gasteiger partial charge in [-0.2, -0.15) is 0 Å². The van der Waals surface area contributed by atoms with Crippen LogP contribution in [0.5, 0.6) is 0 Å². The van der Waals surface area contributed by atoms with E-state index in [-0.39, 0.29) is 0 Å². The summed E-state index contributed by atoms with van der Waals surface area (Å²) >= 11 is 0. The van der Waals surface area contributed by atoms with Gasteiger partial charge in [0, 0.05) is 6.20 Å². The van der Waals surface area contributed by atoms with Crippen LogP contribution in [0.15, 0.2) is 11.8 Å². The van der Waals surface area contributed by atoms with Crippen molar-refractivity contribution >= 4 is 6.08 Å². The maximum absolute atomic E-state index is 4.42. The smallest absolute Gasteiger partial charge is 0.0841 e. The second-order valence-electron chi connectivity index (χ2n) is 5.50. The molecule has 1 aromatic heterocycles. The Morgan fingerprint density at radius 1 is 1.19 bits per heavy atom. The van der Waals surface area contributed by atoms with Crippen LogP contribution in [0.4, 0.5) is 0 Å². The summed E-state index contributed by atoms with van der Waals surface area (Å²) in [6.07, 6.45) is 10.8. The minimum atomic E-state index is 0.799. The van der Waals surface area contributed by atoms with Crippen LogP contribution in [-0.2, 0) is 0 Å². The predicted molar refractivity (Wildman–Crippen MR) is 94.4 cm³/mol. The summed E-state index contributed by atoms with van der Waals surface area (Å²) in [5, 5.41) is 0. The van der Waals surface area contributed by atoms with Crippen LogP contribution in [0.2, 0.25) is 0 Å². The number of nitrogens with zero attached hydrogens (tertiary/aromatic N) is 2. The molecule has 0 saturated heterocycles. The molecule has 0 spiro atoms. The standard InChI is InChI=1S/C13H18N2.C4H10.C2H6/c1-9(12-5-4-6-12)7-13-11(3)15-10(2)8-14-13;1-3-4-2;1-2/h7-8,12H,4-6H2,1-3H3;3-4H2,1-2H3;1-2H3/b9-7+;;. The van der Waals surface area contributed by atoms with Crippen molar-refractivity contribution in [3.63, 3.8) is 0 Å². The Labute approximate surface area is 132 Å². The molecule has 0 aromatic carbocycles. The van der Waals surface area contributed by atoms with E-state index in [0.717, 1.165) is 23.0 Å². The minimum absolute atomic E-state index is 0.799. The van der Waals surface area contributed by atoms with Crippen LogP contribution in [0.1, 0.15) is 83.8 Å². The molecule has 0 N–H and O–H groups in total. The third-order valence-electron chi connectivity index (χ3n) is 3.72. The zero-order valence-electron chi connectivity index (χ0n) is 15.2. The molecule has 1 aliphatic rings. The van der Waals surface area contributed by atoms with E-state index in [0.29, 0.717) is 0 Å². The van der Waals surface area contributed by atoms with Crippen LogP contribution in [0.3, 0.4) is 0 Å². The summed E-state index contributed by atoms with van der Waals surface area (Å²) in [4.78, 5) is 8.84. The molecule has 0 radical (unpaired) electrons. The average Bonchev–Trinajstić information content (AvgIpc) is 2.42. The quantitative estimate of drug-likeness (QED) is 0.669. The molecule has 0 bridgehead atoms. The van der Waals surface area contributed by atoms with Gasteiger partial charge in [0.1, 0.15) is 0 Å². The molecule has 2 heteroatoms. The molecule has 120 valence electrons. The molecule has 2 rings (SSSR count). The number of aromatic nitrogens is 2. The second-order valence-corrected chi connectivity index (χ2v) is 5.50. The topological polar surface area (TPSA) is 25.8 Å². The molecular formula is C19H34N2. The van der Waals surface area contributed by atoms with Crippen molar-refractivity contribution in [3.8, 4) is 0 Å². The Morgan fingerprint density at radius 3 is 2.14 bits per heavy atom. The fourth-order valence-corrected chi connectivity index (χ4v) is 1.95. The van der Waals surface area contributed by atoms with Crippen LogP contribution in [-0.4, -0.2) is 9.97 Å². The Kier molecular flexibility index (Phi) is 10.8. The van der Waals surface area contributed by atoms with Gasteiger partial charge in [-0.25, -0.2) is 0 Å². The number of hydrogen-bond donors (Lipinski definition) is 0. The second kappa shape index (κ2) is 11.5. The lowest BCUT2D eigenvalue weighted by molar-refractivity contribution is 0.370. The SMILES string of the molecule is C/C(=C\c1ncc(C)nc1C)C1CCC1.CC.CCCC. The molecule has 0 amide bonds. The monoisotopic (exact) mass is 290 g/mol.